The Bertz CT molecular complexity index is 413. The van der Waals surface area contributed by atoms with Crippen molar-refractivity contribution in [2.75, 3.05) is 13.7 Å². The van der Waals surface area contributed by atoms with E-state index >= 15 is 0 Å². The van der Waals surface area contributed by atoms with Gasteiger partial charge in [-0.25, -0.2) is 0 Å². The van der Waals surface area contributed by atoms with Gasteiger partial charge in [0.05, 0.1) is 6.61 Å². The van der Waals surface area contributed by atoms with Gasteiger partial charge in [-0.05, 0) is 26.5 Å². The number of ether oxygens (including phenoxy) is 2. The fourth-order valence-electron chi connectivity index (χ4n) is 1.51. The van der Waals surface area contributed by atoms with Crippen molar-refractivity contribution in [3.8, 4) is 17.6 Å². The number of nitrogens with zero attached hydrogens (tertiary/aromatic N) is 1. The molecule has 1 atom stereocenters. The predicted octanol–water partition coefficient (Wildman–Crippen LogP) is 2.49. The fraction of sp³-hybridized carbons (Fsp3) is 0.500. The molecule has 4 heteroatoms. The third-order valence-corrected chi connectivity index (χ3v) is 2.36. The van der Waals surface area contributed by atoms with E-state index in [9.17, 15) is 0 Å². The zero-order valence-corrected chi connectivity index (χ0v) is 11.2. The first-order valence-corrected chi connectivity index (χ1v) is 6.17. The van der Waals surface area contributed by atoms with Gasteiger partial charge in [-0.3, -0.25) is 0 Å². The Morgan fingerprint density at radius 1 is 1.44 bits per heavy atom. The molecule has 0 radical (unpaired) electrons. The van der Waals surface area contributed by atoms with Gasteiger partial charge in [0.15, 0.2) is 6.10 Å². The van der Waals surface area contributed by atoms with Gasteiger partial charge >= 0.3 is 0 Å². The molecule has 4 nitrogen and oxygen atoms in total. The lowest BCUT2D eigenvalue weighted by Crippen LogP contribution is -2.13. The summed E-state index contributed by atoms with van der Waals surface area (Å²) in [6.45, 7) is 5.16. The highest BCUT2D eigenvalue weighted by molar-refractivity contribution is 5.41. The molecule has 1 rings (SSSR count). The summed E-state index contributed by atoms with van der Waals surface area (Å²) < 4.78 is 11.1. The second kappa shape index (κ2) is 7.57. The molecular weight excluding hydrogens is 228 g/mol. The number of hydrogen-bond donors (Lipinski definition) is 1. The molecular formula is C14H20N2O2. The average molecular weight is 248 g/mol. The van der Waals surface area contributed by atoms with E-state index in [0.29, 0.717) is 18.9 Å². The van der Waals surface area contributed by atoms with Crippen LogP contribution in [0.1, 0.15) is 25.8 Å². The maximum atomic E-state index is 8.81. The molecule has 0 fully saturated rings. The maximum Gasteiger partial charge on any atom is 0.181 e. The van der Waals surface area contributed by atoms with E-state index in [0.717, 1.165) is 17.7 Å². The molecule has 0 saturated heterocycles. The van der Waals surface area contributed by atoms with Crippen molar-refractivity contribution in [3.05, 3.63) is 23.8 Å². The van der Waals surface area contributed by atoms with Gasteiger partial charge in [0.2, 0.25) is 0 Å². The van der Waals surface area contributed by atoms with Crippen LogP contribution in [-0.4, -0.2) is 19.8 Å². The van der Waals surface area contributed by atoms with E-state index < -0.39 is 6.10 Å². The molecule has 0 amide bonds. The first kappa shape index (κ1) is 14.3. The number of hydrogen-bond acceptors (Lipinski definition) is 4. The highest BCUT2D eigenvalue weighted by Crippen LogP contribution is 2.26. The molecule has 18 heavy (non-hydrogen) atoms. The Kier molecular flexibility index (Phi) is 6.03. The van der Waals surface area contributed by atoms with Crippen LogP contribution in [0.2, 0.25) is 0 Å². The monoisotopic (exact) mass is 248 g/mol. The minimum Gasteiger partial charge on any atom is -0.493 e. The molecule has 98 valence electrons. The van der Waals surface area contributed by atoms with Crippen molar-refractivity contribution in [3.63, 3.8) is 0 Å². The van der Waals surface area contributed by atoms with E-state index in [2.05, 4.69) is 18.3 Å². The van der Waals surface area contributed by atoms with Crippen LogP contribution >= 0.6 is 0 Å². The van der Waals surface area contributed by atoms with E-state index in [4.69, 9.17) is 14.7 Å². The molecule has 0 aliphatic carbocycles. The summed E-state index contributed by atoms with van der Waals surface area (Å²) in [4.78, 5) is 0. The van der Waals surface area contributed by atoms with Crippen LogP contribution in [0.5, 0.6) is 11.5 Å². The summed E-state index contributed by atoms with van der Waals surface area (Å²) in [5, 5.41) is 11.9. The Hall–Kier alpha value is -1.73. The van der Waals surface area contributed by atoms with Gasteiger partial charge in [-0.2, -0.15) is 5.26 Å². The van der Waals surface area contributed by atoms with Crippen LogP contribution in [0.25, 0.3) is 0 Å². The normalized spacial score (nSPS) is 11.7. The average Bonchev–Trinajstić information content (AvgIpc) is 2.39. The van der Waals surface area contributed by atoms with Gasteiger partial charge in [0.1, 0.15) is 17.6 Å². The van der Waals surface area contributed by atoms with Crippen LogP contribution in [-0.2, 0) is 6.54 Å². The van der Waals surface area contributed by atoms with Crippen LogP contribution < -0.4 is 14.8 Å². The van der Waals surface area contributed by atoms with Crippen LogP contribution in [0.15, 0.2) is 18.2 Å². The SMILES string of the molecule is CCCOc1ccc(CNC)c(OC(C)C#N)c1. The molecule has 0 bridgehead atoms. The number of rotatable bonds is 7. The zero-order chi connectivity index (χ0) is 13.4. The molecule has 1 aromatic carbocycles. The summed E-state index contributed by atoms with van der Waals surface area (Å²) in [6, 6.07) is 7.79. The highest BCUT2D eigenvalue weighted by Gasteiger charge is 2.09. The molecule has 0 saturated carbocycles. The lowest BCUT2D eigenvalue weighted by atomic mass is 10.2. The third-order valence-electron chi connectivity index (χ3n) is 2.36. The Labute approximate surface area is 109 Å². The van der Waals surface area contributed by atoms with Gasteiger partial charge in [-0.1, -0.05) is 13.0 Å². The molecule has 1 unspecified atom stereocenters. The third kappa shape index (κ3) is 4.27. The van der Waals surface area contributed by atoms with Gasteiger partial charge in [0.25, 0.3) is 0 Å². The first-order valence-electron chi connectivity index (χ1n) is 6.17. The second-order valence-corrected chi connectivity index (χ2v) is 4.04. The smallest absolute Gasteiger partial charge is 0.181 e. The molecule has 0 aromatic heterocycles. The minimum absolute atomic E-state index is 0.470. The van der Waals surface area contributed by atoms with E-state index in [1.54, 1.807) is 6.92 Å². The fourth-order valence-corrected chi connectivity index (χ4v) is 1.51. The molecule has 1 N–H and O–H groups in total. The van der Waals surface area contributed by atoms with Crippen molar-refractivity contribution in [1.29, 1.82) is 5.26 Å². The summed E-state index contributed by atoms with van der Waals surface area (Å²) in [7, 11) is 1.87. The van der Waals surface area contributed by atoms with Gasteiger partial charge < -0.3 is 14.8 Å². The summed E-state index contributed by atoms with van der Waals surface area (Å²) in [5.74, 6) is 1.48. The lowest BCUT2D eigenvalue weighted by Gasteiger charge is -2.14. The standard InChI is InChI=1S/C14H20N2O2/c1-4-7-17-13-6-5-12(10-16-3)14(8-13)18-11(2)9-15/h5-6,8,11,16H,4,7,10H2,1-3H3. The van der Waals surface area contributed by atoms with Crippen molar-refractivity contribution in [2.24, 2.45) is 0 Å². The van der Waals surface area contributed by atoms with Crippen molar-refractivity contribution in [2.45, 2.75) is 32.9 Å². The quantitative estimate of drug-likeness (QED) is 0.805. The van der Waals surface area contributed by atoms with Crippen molar-refractivity contribution >= 4 is 0 Å². The highest BCUT2D eigenvalue weighted by atomic mass is 16.5. The molecule has 0 heterocycles. The molecule has 1 aromatic rings. The van der Waals surface area contributed by atoms with Crippen molar-refractivity contribution < 1.29 is 9.47 Å². The van der Waals surface area contributed by atoms with Crippen LogP contribution in [0.3, 0.4) is 0 Å². The molecule has 0 spiro atoms. The zero-order valence-electron chi connectivity index (χ0n) is 11.2. The topological polar surface area (TPSA) is 54.3 Å². The first-order chi connectivity index (χ1) is 8.71. The number of benzene rings is 1. The summed E-state index contributed by atoms with van der Waals surface area (Å²) in [5.41, 5.74) is 1.02. The molecule has 0 aliphatic rings. The number of nitriles is 1. The largest absolute Gasteiger partial charge is 0.493 e. The predicted molar refractivity (Wildman–Crippen MR) is 70.7 cm³/mol. The summed E-state index contributed by atoms with van der Waals surface area (Å²) in [6.07, 6.45) is 0.491. The van der Waals surface area contributed by atoms with Gasteiger partial charge in [0, 0.05) is 18.2 Å². The minimum atomic E-state index is -0.470. The lowest BCUT2D eigenvalue weighted by molar-refractivity contribution is 0.268. The van der Waals surface area contributed by atoms with Crippen molar-refractivity contribution in [1.82, 2.24) is 5.32 Å². The molecule has 0 aliphatic heterocycles. The van der Waals surface area contributed by atoms with E-state index in [1.807, 2.05) is 25.2 Å². The van der Waals surface area contributed by atoms with E-state index in [1.165, 1.54) is 0 Å². The van der Waals surface area contributed by atoms with Crippen LogP contribution in [0, 0.1) is 11.3 Å². The summed E-state index contributed by atoms with van der Waals surface area (Å²) >= 11 is 0. The Morgan fingerprint density at radius 2 is 2.22 bits per heavy atom. The Morgan fingerprint density at radius 3 is 2.83 bits per heavy atom. The Balaban J connectivity index is 2.88. The second-order valence-electron chi connectivity index (χ2n) is 4.04. The van der Waals surface area contributed by atoms with E-state index in [-0.39, 0.29) is 0 Å². The van der Waals surface area contributed by atoms with Gasteiger partial charge in [-0.15, -0.1) is 0 Å². The maximum absolute atomic E-state index is 8.81. The van der Waals surface area contributed by atoms with Crippen LogP contribution in [0.4, 0.5) is 0 Å². The number of nitrogens with one attached hydrogen (secondary N) is 1.